The summed E-state index contributed by atoms with van der Waals surface area (Å²) in [6, 6.07) is 7.35. The molecule has 140 valence electrons. The molecule has 0 radical (unpaired) electrons. The van der Waals surface area contributed by atoms with Gasteiger partial charge in [-0.15, -0.1) is 5.10 Å². The Bertz CT molecular complexity index is 775. The molecule has 0 saturated carbocycles. The maximum atomic E-state index is 12.6. The Hall–Kier alpha value is -1.92. The number of rotatable bonds is 5. The van der Waals surface area contributed by atoms with Gasteiger partial charge < -0.3 is 10.1 Å². The number of aromatic nitrogens is 3. The molecule has 0 spiro atoms. The van der Waals surface area contributed by atoms with Gasteiger partial charge in [0.25, 0.3) is 5.91 Å². The van der Waals surface area contributed by atoms with Crippen LogP contribution in [0.25, 0.3) is 5.69 Å². The van der Waals surface area contributed by atoms with E-state index in [1.165, 1.54) is 0 Å². The van der Waals surface area contributed by atoms with Crippen molar-refractivity contribution in [1.82, 2.24) is 20.3 Å². The zero-order valence-electron chi connectivity index (χ0n) is 15.4. The van der Waals surface area contributed by atoms with E-state index in [-0.39, 0.29) is 12.0 Å². The lowest BCUT2D eigenvalue weighted by Crippen LogP contribution is -2.41. The van der Waals surface area contributed by atoms with Crippen LogP contribution in [0, 0.1) is 18.8 Å². The Balaban J connectivity index is 1.70. The topological polar surface area (TPSA) is 69.0 Å². The predicted octanol–water partition coefficient (Wildman–Crippen LogP) is 3.41. The molecule has 1 fully saturated rings. The van der Waals surface area contributed by atoms with Crippen LogP contribution >= 0.6 is 11.6 Å². The van der Waals surface area contributed by atoms with Gasteiger partial charge in [-0.1, -0.05) is 42.8 Å². The van der Waals surface area contributed by atoms with E-state index in [0.717, 1.165) is 19.4 Å². The Kier molecular flexibility index (Phi) is 5.94. The summed E-state index contributed by atoms with van der Waals surface area (Å²) in [7, 11) is 0. The second-order valence-corrected chi connectivity index (χ2v) is 7.49. The average molecular weight is 377 g/mol. The number of benzene rings is 1. The molecule has 26 heavy (non-hydrogen) atoms. The van der Waals surface area contributed by atoms with Gasteiger partial charge in [0.05, 0.1) is 22.5 Å². The van der Waals surface area contributed by atoms with E-state index in [0.29, 0.717) is 40.5 Å². The zero-order chi connectivity index (χ0) is 18.7. The van der Waals surface area contributed by atoms with Crippen molar-refractivity contribution in [3.05, 3.63) is 40.7 Å². The number of nitrogens with one attached hydrogen (secondary N) is 1. The summed E-state index contributed by atoms with van der Waals surface area (Å²) in [6.07, 6.45) is 2.28. The summed E-state index contributed by atoms with van der Waals surface area (Å²) < 4.78 is 7.49. The smallest absolute Gasteiger partial charge is 0.273 e. The third-order valence-corrected chi connectivity index (χ3v) is 5.19. The average Bonchev–Trinajstić information content (AvgIpc) is 3.01. The zero-order valence-corrected chi connectivity index (χ0v) is 16.2. The van der Waals surface area contributed by atoms with E-state index in [2.05, 4.69) is 29.5 Å². The molecule has 1 aliphatic rings. The molecule has 0 unspecified atom stereocenters. The third kappa shape index (κ3) is 3.91. The maximum Gasteiger partial charge on any atom is 0.273 e. The lowest BCUT2D eigenvalue weighted by atomic mass is 9.87. The van der Waals surface area contributed by atoms with Gasteiger partial charge in [0.15, 0.2) is 5.69 Å². The van der Waals surface area contributed by atoms with Crippen LogP contribution in [0.3, 0.4) is 0 Å². The van der Waals surface area contributed by atoms with Gasteiger partial charge in [-0.05, 0) is 37.8 Å². The highest BCUT2D eigenvalue weighted by Crippen LogP contribution is 2.26. The van der Waals surface area contributed by atoms with Crippen LogP contribution < -0.4 is 5.32 Å². The standard InChI is InChI=1S/C19H25ClN4O2/c1-12(2)18-14(7-6-10-26-18)11-21-19(25)17-13(3)24(23-22-17)16-9-5-4-8-15(16)20/h4-5,8-9,12,14,18H,6-7,10-11H2,1-3H3,(H,21,25)/t14-,18+/m1/s1. The van der Waals surface area contributed by atoms with Crippen LogP contribution in [0.15, 0.2) is 24.3 Å². The van der Waals surface area contributed by atoms with Crippen LogP contribution in [0.2, 0.25) is 5.02 Å². The van der Waals surface area contributed by atoms with E-state index in [4.69, 9.17) is 16.3 Å². The molecule has 1 saturated heterocycles. The van der Waals surface area contributed by atoms with Crippen molar-refractivity contribution < 1.29 is 9.53 Å². The normalized spacial score (nSPS) is 20.3. The van der Waals surface area contributed by atoms with E-state index < -0.39 is 0 Å². The number of para-hydroxylation sites is 1. The fraction of sp³-hybridized carbons (Fsp3) is 0.526. The quantitative estimate of drug-likeness (QED) is 0.868. The summed E-state index contributed by atoms with van der Waals surface area (Å²) in [4.78, 5) is 12.6. The van der Waals surface area contributed by atoms with Crippen molar-refractivity contribution in [2.24, 2.45) is 11.8 Å². The summed E-state index contributed by atoms with van der Waals surface area (Å²) in [5.74, 6) is 0.542. The Morgan fingerprint density at radius 2 is 2.19 bits per heavy atom. The Labute approximate surface area is 158 Å². The molecule has 3 rings (SSSR count). The fourth-order valence-corrected chi connectivity index (χ4v) is 3.73. The first kappa shape index (κ1) is 18.9. The minimum atomic E-state index is -0.214. The first-order valence-electron chi connectivity index (χ1n) is 9.06. The maximum absolute atomic E-state index is 12.6. The van der Waals surface area contributed by atoms with Crippen LogP contribution in [0.5, 0.6) is 0 Å². The number of nitrogens with zero attached hydrogens (tertiary/aromatic N) is 3. The molecule has 1 aromatic carbocycles. The van der Waals surface area contributed by atoms with Gasteiger partial charge in [-0.25, -0.2) is 4.68 Å². The Morgan fingerprint density at radius 3 is 2.92 bits per heavy atom. The number of hydrogen-bond donors (Lipinski definition) is 1. The first-order valence-corrected chi connectivity index (χ1v) is 9.44. The van der Waals surface area contributed by atoms with E-state index in [1.54, 1.807) is 10.7 Å². The first-order chi connectivity index (χ1) is 12.5. The highest BCUT2D eigenvalue weighted by atomic mass is 35.5. The molecule has 1 aromatic heterocycles. The van der Waals surface area contributed by atoms with Gasteiger partial charge in [-0.2, -0.15) is 0 Å². The molecule has 1 amide bonds. The number of halogens is 1. The van der Waals surface area contributed by atoms with Crippen molar-refractivity contribution in [2.45, 2.75) is 39.7 Å². The summed E-state index contributed by atoms with van der Waals surface area (Å²) >= 11 is 6.22. The summed E-state index contributed by atoms with van der Waals surface area (Å²) in [6.45, 7) is 7.52. The molecule has 1 aliphatic heterocycles. The number of carbonyl (C=O) groups excluding carboxylic acids is 1. The molecular formula is C19H25ClN4O2. The molecule has 7 heteroatoms. The van der Waals surface area contributed by atoms with E-state index in [1.807, 2.05) is 25.1 Å². The van der Waals surface area contributed by atoms with Crippen LogP contribution in [-0.2, 0) is 4.74 Å². The molecule has 1 N–H and O–H groups in total. The lowest BCUT2D eigenvalue weighted by Gasteiger charge is -2.34. The molecule has 0 aliphatic carbocycles. The van der Waals surface area contributed by atoms with Gasteiger partial charge in [0, 0.05) is 19.1 Å². The number of ether oxygens (including phenoxy) is 1. The van der Waals surface area contributed by atoms with Crippen molar-refractivity contribution in [1.29, 1.82) is 0 Å². The molecule has 0 bridgehead atoms. The number of hydrogen-bond acceptors (Lipinski definition) is 4. The predicted molar refractivity (Wildman–Crippen MR) is 101 cm³/mol. The van der Waals surface area contributed by atoms with Crippen molar-refractivity contribution in [3.8, 4) is 5.69 Å². The molecule has 6 nitrogen and oxygen atoms in total. The SMILES string of the molecule is Cc1c(C(=O)NC[C@H]2CCCO[C@H]2C(C)C)nnn1-c1ccccc1Cl. The minimum Gasteiger partial charge on any atom is -0.378 e. The van der Waals surface area contributed by atoms with Crippen molar-refractivity contribution in [3.63, 3.8) is 0 Å². The molecule has 2 heterocycles. The van der Waals surface area contributed by atoms with Crippen molar-refractivity contribution >= 4 is 17.5 Å². The molecule has 2 atom stereocenters. The van der Waals surface area contributed by atoms with E-state index >= 15 is 0 Å². The lowest BCUT2D eigenvalue weighted by molar-refractivity contribution is -0.0510. The fourth-order valence-electron chi connectivity index (χ4n) is 3.52. The largest absolute Gasteiger partial charge is 0.378 e. The van der Waals surface area contributed by atoms with E-state index in [9.17, 15) is 4.79 Å². The van der Waals surface area contributed by atoms with Crippen LogP contribution in [-0.4, -0.2) is 40.2 Å². The van der Waals surface area contributed by atoms with Crippen LogP contribution in [0.1, 0.15) is 42.9 Å². The summed E-state index contributed by atoms with van der Waals surface area (Å²) in [5, 5.41) is 11.7. The highest BCUT2D eigenvalue weighted by molar-refractivity contribution is 6.32. The third-order valence-electron chi connectivity index (χ3n) is 4.87. The van der Waals surface area contributed by atoms with Gasteiger partial charge in [-0.3, -0.25) is 4.79 Å². The van der Waals surface area contributed by atoms with Crippen LogP contribution in [0.4, 0.5) is 0 Å². The second kappa shape index (κ2) is 8.18. The van der Waals surface area contributed by atoms with Gasteiger partial charge in [0.2, 0.25) is 0 Å². The van der Waals surface area contributed by atoms with Gasteiger partial charge >= 0.3 is 0 Å². The van der Waals surface area contributed by atoms with Crippen molar-refractivity contribution in [2.75, 3.05) is 13.2 Å². The number of amides is 1. The number of carbonyl (C=O) groups is 1. The molecular weight excluding hydrogens is 352 g/mol. The molecule has 2 aromatic rings. The summed E-state index contributed by atoms with van der Waals surface area (Å²) in [5.41, 5.74) is 1.69. The second-order valence-electron chi connectivity index (χ2n) is 7.08. The highest BCUT2D eigenvalue weighted by Gasteiger charge is 2.29. The monoisotopic (exact) mass is 376 g/mol. The minimum absolute atomic E-state index is 0.184. The Morgan fingerprint density at radius 1 is 1.42 bits per heavy atom. The van der Waals surface area contributed by atoms with Gasteiger partial charge in [0.1, 0.15) is 0 Å².